The lowest BCUT2D eigenvalue weighted by atomic mass is 10.1. The zero-order valence-corrected chi connectivity index (χ0v) is 11.8. The Morgan fingerprint density at radius 3 is 2.89 bits per heavy atom. The highest BCUT2D eigenvalue weighted by molar-refractivity contribution is 9.10. The van der Waals surface area contributed by atoms with E-state index in [1.165, 1.54) is 0 Å². The van der Waals surface area contributed by atoms with E-state index in [0.717, 1.165) is 12.8 Å². The number of rotatable bonds is 5. The van der Waals surface area contributed by atoms with Crippen molar-refractivity contribution < 1.29 is 4.79 Å². The highest BCUT2D eigenvalue weighted by Gasteiger charge is 2.10. The molecule has 18 heavy (non-hydrogen) atoms. The van der Waals surface area contributed by atoms with Gasteiger partial charge in [-0.15, -0.1) is 0 Å². The highest BCUT2D eigenvalue weighted by Crippen LogP contribution is 2.23. The van der Waals surface area contributed by atoms with Crippen molar-refractivity contribution in [1.82, 2.24) is 0 Å². The average molecular weight is 310 g/mol. The van der Waals surface area contributed by atoms with Crippen LogP contribution in [-0.4, -0.2) is 11.9 Å². The quantitative estimate of drug-likeness (QED) is 0.877. The Morgan fingerprint density at radius 1 is 1.61 bits per heavy atom. The number of hydrogen-bond donors (Lipinski definition) is 2. The summed E-state index contributed by atoms with van der Waals surface area (Å²) in [6, 6.07) is 6.96. The SMILES string of the molecule is CCCC(N)CC(=O)Nc1ccc(C#N)cc1Br. The van der Waals surface area contributed by atoms with Crippen LogP contribution >= 0.6 is 15.9 Å². The molecule has 1 aromatic rings. The first kappa shape index (κ1) is 14.7. The van der Waals surface area contributed by atoms with E-state index in [1.807, 2.05) is 13.0 Å². The maximum absolute atomic E-state index is 11.7. The van der Waals surface area contributed by atoms with Crippen molar-refractivity contribution >= 4 is 27.5 Å². The van der Waals surface area contributed by atoms with Crippen molar-refractivity contribution in [2.75, 3.05) is 5.32 Å². The van der Waals surface area contributed by atoms with Crippen molar-refractivity contribution in [1.29, 1.82) is 5.26 Å². The molecule has 96 valence electrons. The maximum Gasteiger partial charge on any atom is 0.225 e. The van der Waals surface area contributed by atoms with E-state index < -0.39 is 0 Å². The van der Waals surface area contributed by atoms with Gasteiger partial charge in [0.25, 0.3) is 0 Å². The second-order valence-corrected chi connectivity index (χ2v) is 4.96. The van der Waals surface area contributed by atoms with E-state index in [2.05, 4.69) is 21.2 Å². The number of halogens is 1. The Labute approximate surface area is 115 Å². The molecule has 0 aromatic heterocycles. The maximum atomic E-state index is 11.7. The van der Waals surface area contributed by atoms with Crippen molar-refractivity contribution in [3.63, 3.8) is 0 Å². The fraction of sp³-hybridized carbons (Fsp3) is 0.385. The summed E-state index contributed by atoms with van der Waals surface area (Å²) in [6.07, 6.45) is 2.11. The van der Waals surface area contributed by atoms with E-state index in [9.17, 15) is 4.79 Å². The van der Waals surface area contributed by atoms with Crippen LogP contribution in [0.5, 0.6) is 0 Å². The Kier molecular flexibility index (Phi) is 5.83. The normalized spacial score (nSPS) is 11.7. The van der Waals surface area contributed by atoms with Gasteiger partial charge in [-0.05, 0) is 40.5 Å². The molecule has 5 heteroatoms. The monoisotopic (exact) mass is 309 g/mol. The summed E-state index contributed by atoms with van der Waals surface area (Å²) in [6.45, 7) is 2.04. The van der Waals surface area contributed by atoms with Crippen LogP contribution in [0.1, 0.15) is 31.7 Å². The van der Waals surface area contributed by atoms with Gasteiger partial charge in [0.05, 0.1) is 17.3 Å². The van der Waals surface area contributed by atoms with E-state index >= 15 is 0 Å². The molecule has 0 aliphatic heterocycles. The first-order valence-electron chi connectivity index (χ1n) is 5.82. The van der Waals surface area contributed by atoms with Crippen LogP contribution < -0.4 is 11.1 Å². The molecule has 4 nitrogen and oxygen atoms in total. The average Bonchev–Trinajstić information content (AvgIpc) is 2.31. The molecule has 1 aromatic carbocycles. The van der Waals surface area contributed by atoms with Crippen LogP contribution in [0.4, 0.5) is 5.69 Å². The van der Waals surface area contributed by atoms with Crippen LogP contribution in [0.15, 0.2) is 22.7 Å². The summed E-state index contributed by atoms with van der Waals surface area (Å²) in [4.78, 5) is 11.7. The van der Waals surface area contributed by atoms with Gasteiger partial charge in [-0.1, -0.05) is 13.3 Å². The van der Waals surface area contributed by atoms with Gasteiger partial charge in [0.15, 0.2) is 0 Å². The standard InChI is InChI=1S/C13H16BrN3O/c1-2-3-10(16)7-13(18)17-12-5-4-9(8-15)6-11(12)14/h4-6,10H,2-3,7,16H2,1H3,(H,17,18). The summed E-state index contributed by atoms with van der Waals surface area (Å²) in [5, 5.41) is 11.5. The number of carbonyl (C=O) groups is 1. The number of carbonyl (C=O) groups excluding carboxylic acids is 1. The molecule has 0 bridgehead atoms. The van der Waals surface area contributed by atoms with Crippen LogP contribution in [-0.2, 0) is 4.79 Å². The Hall–Kier alpha value is -1.38. The third kappa shape index (κ3) is 4.47. The third-order valence-electron chi connectivity index (χ3n) is 2.48. The molecular weight excluding hydrogens is 294 g/mol. The third-order valence-corrected chi connectivity index (χ3v) is 3.14. The Bertz CT molecular complexity index is 468. The zero-order chi connectivity index (χ0) is 13.5. The molecule has 1 amide bonds. The molecule has 1 unspecified atom stereocenters. The van der Waals surface area contributed by atoms with Crippen LogP contribution in [0.25, 0.3) is 0 Å². The first-order chi connectivity index (χ1) is 8.56. The molecular formula is C13H16BrN3O. The molecule has 0 heterocycles. The molecule has 0 fully saturated rings. The van der Waals surface area contributed by atoms with Gasteiger partial charge in [-0.25, -0.2) is 0 Å². The zero-order valence-electron chi connectivity index (χ0n) is 10.2. The summed E-state index contributed by atoms with van der Waals surface area (Å²) in [7, 11) is 0. The van der Waals surface area contributed by atoms with Crippen molar-refractivity contribution in [3.8, 4) is 6.07 Å². The number of nitrogens with zero attached hydrogens (tertiary/aromatic N) is 1. The van der Waals surface area contributed by atoms with Crippen LogP contribution in [0, 0.1) is 11.3 Å². The van der Waals surface area contributed by atoms with Crippen molar-refractivity contribution in [2.24, 2.45) is 5.73 Å². The molecule has 1 atom stereocenters. The van der Waals surface area contributed by atoms with Gasteiger partial charge in [0.1, 0.15) is 0 Å². The van der Waals surface area contributed by atoms with Crippen molar-refractivity contribution in [2.45, 2.75) is 32.2 Å². The predicted octanol–water partition coefficient (Wildman–Crippen LogP) is 2.78. The number of hydrogen-bond acceptors (Lipinski definition) is 3. The van der Waals surface area contributed by atoms with Gasteiger partial charge < -0.3 is 11.1 Å². The minimum absolute atomic E-state index is 0.104. The van der Waals surface area contributed by atoms with E-state index in [4.69, 9.17) is 11.0 Å². The molecule has 0 saturated carbocycles. The fourth-order valence-electron chi connectivity index (χ4n) is 1.60. The lowest BCUT2D eigenvalue weighted by Crippen LogP contribution is -2.26. The number of benzene rings is 1. The largest absolute Gasteiger partial charge is 0.327 e. The first-order valence-corrected chi connectivity index (χ1v) is 6.61. The van der Waals surface area contributed by atoms with E-state index in [-0.39, 0.29) is 11.9 Å². The van der Waals surface area contributed by atoms with E-state index in [1.54, 1.807) is 18.2 Å². The number of anilines is 1. The van der Waals surface area contributed by atoms with Gasteiger partial charge in [-0.3, -0.25) is 4.79 Å². The Morgan fingerprint density at radius 2 is 2.33 bits per heavy atom. The topological polar surface area (TPSA) is 78.9 Å². The van der Waals surface area contributed by atoms with E-state index in [0.29, 0.717) is 22.1 Å². The van der Waals surface area contributed by atoms with Gasteiger partial charge in [0.2, 0.25) is 5.91 Å². The highest BCUT2D eigenvalue weighted by atomic mass is 79.9. The Balaban J connectivity index is 2.62. The summed E-state index contributed by atoms with van der Waals surface area (Å²) in [5.74, 6) is -0.110. The summed E-state index contributed by atoms with van der Waals surface area (Å²) in [5.41, 5.74) is 7.01. The summed E-state index contributed by atoms with van der Waals surface area (Å²) >= 11 is 3.32. The molecule has 0 aliphatic carbocycles. The lowest BCUT2D eigenvalue weighted by molar-refractivity contribution is -0.116. The minimum Gasteiger partial charge on any atom is -0.327 e. The smallest absolute Gasteiger partial charge is 0.225 e. The fourth-order valence-corrected chi connectivity index (χ4v) is 2.08. The molecule has 0 saturated heterocycles. The number of nitrogens with two attached hydrogens (primary N) is 1. The van der Waals surface area contributed by atoms with Gasteiger partial charge >= 0.3 is 0 Å². The number of nitrogens with one attached hydrogen (secondary N) is 1. The molecule has 0 spiro atoms. The van der Waals surface area contributed by atoms with Crippen LogP contribution in [0.3, 0.4) is 0 Å². The van der Waals surface area contributed by atoms with Gasteiger partial charge in [-0.2, -0.15) is 5.26 Å². The molecule has 3 N–H and O–H groups in total. The number of amides is 1. The molecule has 0 aliphatic rings. The minimum atomic E-state index is -0.110. The van der Waals surface area contributed by atoms with Crippen molar-refractivity contribution in [3.05, 3.63) is 28.2 Å². The number of nitriles is 1. The van der Waals surface area contributed by atoms with Crippen LogP contribution in [0.2, 0.25) is 0 Å². The molecule has 0 radical (unpaired) electrons. The van der Waals surface area contributed by atoms with Gasteiger partial charge in [0, 0.05) is 16.9 Å². The second-order valence-electron chi connectivity index (χ2n) is 4.11. The summed E-state index contributed by atoms with van der Waals surface area (Å²) < 4.78 is 0.693. The second kappa shape index (κ2) is 7.14. The lowest BCUT2D eigenvalue weighted by Gasteiger charge is -2.11. The predicted molar refractivity (Wildman–Crippen MR) is 75.0 cm³/mol. The molecule has 1 rings (SSSR count).